The van der Waals surface area contributed by atoms with Gasteiger partial charge in [0.25, 0.3) is 5.91 Å². The first-order valence-corrected chi connectivity index (χ1v) is 5.77. The SMILES string of the molecule is CC(C)CC(CNC(=O)c1cnccn1)C(=O)O. The quantitative estimate of drug-likeness (QED) is 0.785. The molecule has 0 saturated heterocycles. The highest BCUT2D eigenvalue weighted by atomic mass is 16.4. The number of aromatic nitrogens is 2. The van der Waals surface area contributed by atoms with Crippen molar-refractivity contribution in [2.24, 2.45) is 11.8 Å². The lowest BCUT2D eigenvalue weighted by Gasteiger charge is -2.15. The van der Waals surface area contributed by atoms with Crippen molar-refractivity contribution >= 4 is 11.9 Å². The van der Waals surface area contributed by atoms with Gasteiger partial charge in [0, 0.05) is 18.9 Å². The molecule has 0 saturated carbocycles. The molecule has 1 heterocycles. The van der Waals surface area contributed by atoms with E-state index in [1.54, 1.807) is 0 Å². The topological polar surface area (TPSA) is 92.2 Å². The van der Waals surface area contributed by atoms with E-state index in [0.29, 0.717) is 6.42 Å². The Bertz CT molecular complexity index is 406. The van der Waals surface area contributed by atoms with Gasteiger partial charge < -0.3 is 10.4 Å². The molecule has 98 valence electrons. The van der Waals surface area contributed by atoms with E-state index in [9.17, 15) is 9.59 Å². The van der Waals surface area contributed by atoms with Crippen LogP contribution in [0, 0.1) is 11.8 Å². The Morgan fingerprint density at radius 3 is 2.61 bits per heavy atom. The minimum atomic E-state index is -0.900. The molecule has 1 aromatic heterocycles. The number of hydrogen-bond acceptors (Lipinski definition) is 4. The number of carbonyl (C=O) groups is 2. The summed E-state index contributed by atoms with van der Waals surface area (Å²) in [4.78, 5) is 30.3. The maximum Gasteiger partial charge on any atom is 0.308 e. The molecule has 0 spiro atoms. The van der Waals surface area contributed by atoms with Crippen LogP contribution in [0.25, 0.3) is 0 Å². The minimum Gasteiger partial charge on any atom is -0.481 e. The largest absolute Gasteiger partial charge is 0.481 e. The first-order valence-electron chi connectivity index (χ1n) is 5.77. The van der Waals surface area contributed by atoms with E-state index in [1.807, 2.05) is 13.8 Å². The summed E-state index contributed by atoms with van der Waals surface area (Å²) in [5, 5.41) is 11.6. The lowest BCUT2D eigenvalue weighted by Crippen LogP contribution is -2.34. The average molecular weight is 251 g/mol. The van der Waals surface area contributed by atoms with Crippen molar-refractivity contribution in [1.29, 1.82) is 0 Å². The zero-order valence-electron chi connectivity index (χ0n) is 10.5. The van der Waals surface area contributed by atoms with Gasteiger partial charge in [0.2, 0.25) is 0 Å². The number of carbonyl (C=O) groups excluding carboxylic acids is 1. The summed E-state index contributed by atoms with van der Waals surface area (Å²) in [5.74, 6) is -1.62. The molecule has 0 aliphatic rings. The molecule has 0 bridgehead atoms. The van der Waals surface area contributed by atoms with Gasteiger partial charge in [-0.15, -0.1) is 0 Å². The number of carboxylic acids is 1. The van der Waals surface area contributed by atoms with Crippen LogP contribution in [0.4, 0.5) is 0 Å². The van der Waals surface area contributed by atoms with Gasteiger partial charge in [-0.1, -0.05) is 13.8 Å². The van der Waals surface area contributed by atoms with Crippen LogP contribution in [-0.2, 0) is 4.79 Å². The predicted molar refractivity (Wildman–Crippen MR) is 64.9 cm³/mol. The summed E-state index contributed by atoms with van der Waals surface area (Å²) in [6, 6.07) is 0. The van der Waals surface area contributed by atoms with E-state index in [1.165, 1.54) is 18.6 Å². The smallest absolute Gasteiger partial charge is 0.308 e. The lowest BCUT2D eigenvalue weighted by molar-refractivity contribution is -0.142. The van der Waals surface area contributed by atoms with Gasteiger partial charge in [0.1, 0.15) is 5.69 Å². The second-order valence-electron chi connectivity index (χ2n) is 4.47. The number of carboxylic acid groups (broad SMARTS) is 1. The fourth-order valence-corrected chi connectivity index (χ4v) is 1.56. The van der Waals surface area contributed by atoms with Crippen molar-refractivity contribution in [2.45, 2.75) is 20.3 Å². The summed E-state index contributed by atoms with van der Waals surface area (Å²) in [6.45, 7) is 3.99. The Morgan fingerprint density at radius 2 is 2.11 bits per heavy atom. The second kappa shape index (κ2) is 6.68. The maximum atomic E-state index is 11.7. The summed E-state index contributed by atoms with van der Waals surface area (Å²) in [5.41, 5.74) is 0.186. The number of aliphatic carboxylic acids is 1. The zero-order valence-corrected chi connectivity index (χ0v) is 10.5. The van der Waals surface area contributed by atoms with Crippen LogP contribution in [0.15, 0.2) is 18.6 Å². The summed E-state index contributed by atoms with van der Waals surface area (Å²) < 4.78 is 0. The molecular formula is C12H17N3O3. The summed E-state index contributed by atoms with van der Waals surface area (Å²) in [7, 11) is 0. The molecule has 0 aliphatic heterocycles. The molecule has 6 nitrogen and oxygen atoms in total. The molecule has 2 N–H and O–H groups in total. The monoisotopic (exact) mass is 251 g/mol. The Labute approximate surface area is 105 Å². The lowest BCUT2D eigenvalue weighted by atomic mass is 9.97. The predicted octanol–water partition coefficient (Wildman–Crippen LogP) is 0.953. The third kappa shape index (κ3) is 4.48. The molecule has 0 fully saturated rings. The van der Waals surface area contributed by atoms with E-state index in [0.717, 1.165) is 0 Å². The van der Waals surface area contributed by atoms with Gasteiger partial charge in [0.15, 0.2) is 0 Å². The molecule has 1 atom stereocenters. The molecule has 18 heavy (non-hydrogen) atoms. The molecule has 0 aromatic carbocycles. The van der Waals surface area contributed by atoms with Crippen LogP contribution < -0.4 is 5.32 Å². The number of rotatable bonds is 6. The van der Waals surface area contributed by atoms with Crippen molar-refractivity contribution in [1.82, 2.24) is 15.3 Å². The zero-order chi connectivity index (χ0) is 13.5. The normalized spacial score (nSPS) is 12.2. The van der Waals surface area contributed by atoms with Gasteiger partial charge in [-0.05, 0) is 12.3 Å². The standard InChI is InChI=1S/C12H17N3O3/c1-8(2)5-9(12(17)18)6-15-11(16)10-7-13-3-4-14-10/h3-4,7-9H,5-6H2,1-2H3,(H,15,16)(H,17,18). The van der Waals surface area contributed by atoms with E-state index >= 15 is 0 Å². The van der Waals surface area contributed by atoms with Crippen LogP contribution in [0.5, 0.6) is 0 Å². The first-order chi connectivity index (χ1) is 8.50. The molecule has 1 unspecified atom stereocenters. The third-order valence-corrected chi connectivity index (χ3v) is 2.41. The maximum absolute atomic E-state index is 11.7. The molecular weight excluding hydrogens is 234 g/mol. The highest BCUT2D eigenvalue weighted by molar-refractivity contribution is 5.92. The van der Waals surface area contributed by atoms with Gasteiger partial charge in [-0.3, -0.25) is 14.6 Å². The van der Waals surface area contributed by atoms with Crippen molar-refractivity contribution in [3.05, 3.63) is 24.3 Å². The van der Waals surface area contributed by atoms with Crippen LogP contribution in [0.2, 0.25) is 0 Å². The van der Waals surface area contributed by atoms with Crippen molar-refractivity contribution in [3.63, 3.8) is 0 Å². The van der Waals surface area contributed by atoms with Gasteiger partial charge in [-0.25, -0.2) is 4.98 Å². The Hall–Kier alpha value is -1.98. The molecule has 1 aromatic rings. The number of nitrogens with zero attached hydrogens (tertiary/aromatic N) is 2. The van der Waals surface area contributed by atoms with E-state index < -0.39 is 17.8 Å². The number of hydrogen-bond donors (Lipinski definition) is 2. The Morgan fingerprint density at radius 1 is 1.39 bits per heavy atom. The number of amides is 1. The first kappa shape index (κ1) is 14.1. The van der Waals surface area contributed by atoms with Crippen LogP contribution in [0.1, 0.15) is 30.8 Å². The van der Waals surface area contributed by atoms with Crippen molar-refractivity contribution in [3.8, 4) is 0 Å². The fraction of sp³-hybridized carbons (Fsp3) is 0.500. The molecule has 0 radical (unpaired) electrons. The van der Waals surface area contributed by atoms with Crippen LogP contribution in [-0.4, -0.2) is 33.5 Å². The minimum absolute atomic E-state index is 0.100. The highest BCUT2D eigenvalue weighted by Gasteiger charge is 2.20. The second-order valence-corrected chi connectivity index (χ2v) is 4.47. The molecule has 0 aliphatic carbocycles. The summed E-state index contributed by atoms with van der Waals surface area (Å²) in [6.07, 6.45) is 4.75. The van der Waals surface area contributed by atoms with Gasteiger partial charge in [-0.2, -0.15) is 0 Å². The third-order valence-electron chi connectivity index (χ3n) is 2.41. The highest BCUT2D eigenvalue weighted by Crippen LogP contribution is 2.11. The van der Waals surface area contributed by atoms with Crippen molar-refractivity contribution in [2.75, 3.05) is 6.54 Å². The number of nitrogens with one attached hydrogen (secondary N) is 1. The fourth-order valence-electron chi connectivity index (χ4n) is 1.56. The average Bonchev–Trinajstić information content (AvgIpc) is 2.34. The van der Waals surface area contributed by atoms with Gasteiger partial charge in [0.05, 0.1) is 12.1 Å². The Balaban J connectivity index is 2.52. The summed E-state index contributed by atoms with van der Waals surface area (Å²) >= 11 is 0. The van der Waals surface area contributed by atoms with Gasteiger partial charge >= 0.3 is 5.97 Å². The van der Waals surface area contributed by atoms with E-state index in [2.05, 4.69) is 15.3 Å². The molecule has 6 heteroatoms. The van der Waals surface area contributed by atoms with E-state index in [4.69, 9.17) is 5.11 Å². The van der Waals surface area contributed by atoms with Crippen molar-refractivity contribution < 1.29 is 14.7 Å². The van der Waals surface area contributed by atoms with Crippen LogP contribution >= 0.6 is 0 Å². The molecule has 1 amide bonds. The van der Waals surface area contributed by atoms with E-state index in [-0.39, 0.29) is 18.2 Å². The Kier molecular flexibility index (Phi) is 5.23. The molecule has 1 rings (SSSR count). The van der Waals surface area contributed by atoms with Crippen LogP contribution in [0.3, 0.4) is 0 Å².